The zero-order valence-corrected chi connectivity index (χ0v) is 26.5. The molecular weight excluding hydrogens is 599 g/mol. The van der Waals surface area contributed by atoms with Gasteiger partial charge in [0.1, 0.15) is 22.3 Å². The van der Waals surface area contributed by atoms with Crippen molar-refractivity contribution in [3.63, 3.8) is 0 Å². The van der Waals surface area contributed by atoms with E-state index in [2.05, 4.69) is 157 Å². The van der Waals surface area contributed by atoms with Crippen molar-refractivity contribution in [1.82, 2.24) is 0 Å². The maximum atomic E-state index is 6.90. The summed E-state index contributed by atoms with van der Waals surface area (Å²) in [6.45, 7) is 0. The fourth-order valence-corrected chi connectivity index (χ4v) is 7.49. The lowest BCUT2D eigenvalue weighted by Gasteiger charge is -2.25. The van der Waals surface area contributed by atoms with Gasteiger partial charge in [-0.3, -0.25) is 0 Å². The lowest BCUT2D eigenvalue weighted by atomic mass is 9.89. The van der Waals surface area contributed by atoms with Crippen LogP contribution in [0, 0.1) is 0 Å². The molecule has 0 bridgehead atoms. The first-order valence-electron chi connectivity index (χ1n) is 16.6. The fourth-order valence-electron chi connectivity index (χ4n) is 7.49. The van der Waals surface area contributed by atoms with Crippen molar-refractivity contribution < 1.29 is 8.83 Å². The minimum atomic E-state index is 0.851. The van der Waals surface area contributed by atoms with Crippen LogP contribution < -0.4 is 4.90 Å². The lowest BCUT2D eigenvalue weighted by molar-refractivity contribution is 0.663. The third-order valence-electron chi connectivity index (χ3n) is 9.67. The molecule has 0 fully saturated rings. The predicted molar refractivity (Wildman–Crippen MR) is 204 cm³/mol. The van der Waals surface area contributed by atoms with Crippen LogP contribution in [-0.4, -0.2) is 0 Å². The van der Waals surface area contributed by atoms with Gasteiger partial charge in [0.25, 0.3) is 0 Å². The molecule has 0 aliphatic heterocycles. The van der Waals surface area contributed by atoms with E-state index in [0.717, 1.165) is 83.2 Å². The molecule has 0 spiro atoms. The van der Waals surface area contributed by atoms with Gasteiger partial charge in [0.2, 0.25) is 0 Å². The van der Waals surface area contributed by atoms with Crippen LogP contribution >= 0.6 is 0 Å². The fraction of sp³-hybridized carbons (Fsp3) is 0. The number of hydrogen-bond acceptors (Lipinski definition) is 3. The van der Waals surface area contributed by atoms with Crippen molar-refractivity contribution in [2.24, 2.45) is 0 Å². The summed E-state index contributed by atoms with van der Waals surface area (Å²) in [6.07, 6.45) is 0. The summed E-state index contributed by atoms with van der Waals surface area (Å²) in [5.74, 6) is 0. The summed E-state index contributed by atoms with van der Waals surface area (Å²) in [4.78, 5) is 2.29. The molecule has 2 aromatic heterocycles. The Hall–Kier alpha value is -6.58. The van der Waals surface area contributed by atoms with Crippen LogP contribution in [0.3, 0.4) is 0 Å². The number of benzene rings is 8. The summed E-state index contributed by atoms with van der Waals surface area (Å²) in [7, 11) is 0. The van der Waals surface area contributed by atoms with Crippen LogP contribution in [0.1, 0.15) is 0 Å². The van der Waals surface area contributed by atoms with Gasteiger partial charge in [-0.25, -0.2) is 0 Å². The molecule has 230 valence electrons. The Bertz CT molecular complexity index is 2770. The smallest absolute Gasteiger partial charge is 0.143 e. The minimum Gasteiger partial charge on any atom is -0.456 e. The highest BCUT2D eigenvalue weighted by Gasteiger charge is 2.22. The topological polar surface area (TPSA) is 29.5 Å². The van der Waals surface area contributed by atoms with Gasteiger partial charge in [0.05, 0.1) is 0 Å². The molecule has 0 N–H and O–H groups in total. The molecule has 0 amide bonds. The Morgan fingerprint density at radius 1 is 0.347 bits per heavy atom. The van der Waals surface area contributed by atoms with Gasteiger partial charge >= 0.3 is 0 Å². The second-order valence-corrected chi connectivity index (χ2v) is 12.5. The number of anilines is 3. The third kappa shape index (κ3) is 4.37. The molecule has 0 radical (unpaired) electrons. The zero-order chi connectivity index (χ0) is 32.3. The summed E-state index contributed by atoms with van der Waals surface area (Å²) in [5.41, 5.74) is 11.3. The van der Waals surface area contributed by atoms with E-state index in [0.29, 0.717) is 0 Å². The Morgan fingerprint density at radius 2 is 0.939 bits per heavy atom. The van der Waals surface area contributed by atoms with Crippen molar-refractivity contribution >= 4 is 71.7 Å². The Labute approximate surface area is 282 Å². The van der Waals surface area contributed by atoms with Crippen molar-refractivity contribution in [2.45, 2.75) is 0 Å². The predicted octanol–water partition coefficient (Wildman–Crippen LogP) is 13.4. The van der Waals surface area contributed by atoms with E-state index >= 15 is 0 Å². The van der Waals surface area contributed by atoms with Crippen molar-refractivity contribution in [3.05, 3.63) is 176 Å². The van der Waals surface area contributed by atoms with E-state index in [1.807, 2.05) is 24.3 Å². The van der Waals surface area contributed by atoms with Crippen LogP contribution in [0.5, 0.6) is 0 Å². The largest absolute Gasteiger partial charge is 0.456 e. The molecule has 0 aliphatic carbocycles. The van der Waals surface area contributed by atoms with Gasteiger partial charge < -0.3 is 13.7 Å². The van der Waals surface area contributed by atoms with E-state index in [1.165, 1.54) is 10.8 Å². The number of para-hydroxylation sites is 3. The van der Waals surface area contributed by atoms with E-state index in [4.69, 9.17) is 8.83 Å². The molecule has 0 atom stereocenters. The Balaban J connectivity index is 1.23. The van der Waals surface area contributed by atoms with Crippen molar-refractivity contribution in [3.8, 4) is 22.3 Å². The minimum absolute atomic E-state index is 0.851. The van der Waals surface area contributed by atoms with Gasteiger partial charge in [-0.15, -0.1) is 0 Å². The SMILES string of the molecule is c1ccc(N(c2ccccc2)c2ccc(-c3ccc4c(oc5ccc6oc7ccccc7c6c54)c3-c3cccc4ccccc34)cc2)cc1. The molecule has 0 unspecified atom stereocenters. The van der Waals surface area contributed by atoms with Gasteiger partial charge in [0.15, 0.2) is 0 Å². The molecule has 49 heavy (non-hydrogen) atoms. The van der Waals surface area contributed by atoms with Gasteiger partial charge in [0, 0.05) is 44.2 Å². The molecule has 0 aliphatic rings. The van der Waals surface area contributed by atoms with Crippen LogP contribution in [0.2, 0.25) is 0 Å². The standard InChI is InChI=1S/C46H29NO2/c1-3-14-32(15-4-1)47(33-16-5-2-6-17-33)34-24-22-31(23-25-34)36-26-27-39-45-42(29-28-41-44(45)38-19-9-10-21-40(38)48-41)49-46(39)43(36)37-20-11-13-30-12-7-8-18-35(30)37/h1-29H. The zero-order valence-electron chi connectivity index (χ0n) is 26.5. The van der Waals surface area contributed by atoms with Gasteiger partial charge in [-0.1, -0.05) is 115 Å². The number of rotatable bonds is 5. The van der Waals surface area contributed by atoms with E-state index in [9.17, 15) is 0 Å². The number of furan rings is 2. The summed E-state index contributed by atoms with van der Waals surface area (Å²) in [6, 6.07) is 61.9. The first-order chi connectivity index (χ1) is 24.3. The van der Waals surface area contributed by atoms with Crippen LogP contribution in [0.4, 0.5) is 17.1 Å². The van der Waals surface area contributed by atoms with Crippen molar-refractivity contribution in [1.29, 1.82) is 0 Å². The number of hydrogen-bond donors (Lipinski definition) is 0. The maximum Gasteiger partial charge on any atom is 0.143 e. The van der Waals surface area contributed by atoms with E-state index in [1.54, 1.807) is 0 Å². The molecule has 8 aromatic carbocycles. The molecule has 2 heterocycles. The van der Waals surface area contributed by atoms with Crippen LogP contribution in [0.25, 0.3) is 76.9 Å². The van der Waals surface area contributed by atoms with Gasteiger partial charge in [-0.05, 0) is 88.1 Å². The van der Waals surface area contributed by atoms with Crippen LogP contribution in [0.15, 0.2) is 185 Å². The van der Waals surface area contributed by atoms with Crippen molar-refractivity contribution in [2.75, 3.05) is 4.90 Å². The Kier molecular flexibility index (Phi) is 6.18. The molecule has 0 saturated heterocycles. The second-order valence-electron chi connectivity index (χ2n) is 12.5. The number of nitrogens with zero attached hydrogens (tertiary/aromatic N) is 1. The second kappa shape index (κ2) is 11.0. The summed E-state index contributed by atoms with van der Waals surface area (Å²) < 4.78 is 13.2. The van der Waals surface area contributed by atoms with Crippen LogP contribution in [-0.2, 0) is 0 Å². The molecule has 10 rings (SSSR count). The highest BCUT2D eigenvalue weighted by Crippen LogP contribution is 2.47. The average molecular weight is 628 g/mol. The highest BCUT2D eigenvalue weighted by molar-refractivity contribution is 6.28. The summed E-state index contributed by atoms with van der Waals surface area (Å²) >= 11 is 0. The molecular formula is C46H29NO2. The number of fused-ring (bicyclic) bond motifs is 8. The first kappa shape index (κ1) is 27.5. The molecule has 3 heteroatoms. The Morgan fingerprint density at radius 3 is 1.69 bits per heavy atom. The monoisotopic (exact) mass is 627 g/mol. The third-order valence-corrected chi connectivity index (χ3v) is 9.67. The maximum absolute atomic E-state index is 6.90. The first-order valence-corrected chi connectivity index (χ1v) is 16.6. The molecule has 3 nitrogen and oxygen atoms in total. The van der Waals surface area contributed by atoms with E-state index in [-0.39, 0.29) is 0 Å². The normalized spacial score (nSPS) is 11.7. The quantitative estimate of drug-likeness (QED) is 0.190. The van der Waals surface area contributed by atoms with Gasteiger partial charge in [-0.2, -0.15) is 0 Å². The molecule has 10 aromatic rings. The highest BCUT2D eigenvalue weighted by atomic mass is 16.3. The molecule has 0 saturated carbocycles. The van der Waals surface area contributed by atoms with E-state index < -0.39 is 0 Å². The summed E-state index contributed by atoms with van der Waals surface area (Å²) in [5, 5.41) is 6.73. The lowest BCUT2D eigenvalue weighted by Crippen LogP contribution is -2.09. The average Bonchev–Trinajstić information content (AvgIpc) is 3.74.